The Morgan fingerprint density at radius 2 is 2.10 bits per heavy atom. The van der Waals surface area contributed by atoms with E-state index in [-0.39, 0.29) is 24.0 Å². The molecule has 4 rings (SSSR count). The van der Waals surface area contributed by atoms with Crippen molar-refractivity contribution in [3.8, 4) is 11.5 Å². The van der Waals surface area contributed by atoms with Gasteiger partial charge in [-0.05, 0) is 37.0 Å². The first kappa shape index (κ1) is 19.3. The summed E-state index contributed by atoms with van der Waals surface area (Å²) in [7, 11) is 1.54. The number of rotatable bonds is 4. The van der Waals surface area contributed by atoms with Crippen LogP contribution in [0.2, 0.25) is 0 Å². The molecular formula is C20H20F2N4O3. The van der Waals surface area contributed by atoms with Crippen molar-refractivity contribution in [2.45, 2.75) is 12.8 Å². The first-order chi connectivity index (χ1) is 14.0. The molecule has 1 N–H and O–H groups in total. The number of aliphatic hydroxyl groups excluding tert-OH is 1. The van der Waals surface area contributed by atoms with Gasteiger partial charge in [0.2, 0.25) is 5.95 Å². The zero-order valence-electron chi connectivity index (χ0n) is 15.8. The largest absolute Gasteiger partial charge is 0.448 e. The highest BCUT2D eigenvalue weighted by Crippen LogP contribution is 2.26. The molecule has 0 spiro atoms. The molecule has 2 aromatic heterocycles. The van der Waals surface area contributed by atoms with Crippen molar-refractivity contribution in [1.29, 1.82) is 0 Å². The normalized spacial score (nSPS) is 17.0. The Bertz CT molecular complexity index is 1120. The second-order valence-corrected chi connectivity index (χ2v) is 7.14. The van der Waals surface area contributed by atoms with Crippen LogP contribution in [0.5, 0.6) is 11.5 Å². The summed E-state index contributed by atoms with van der Waals surface area (Å²) in [5.41, 5.74) is -0.0872. The van der Waals surface area contributed by atoms with Crippen LogP contribution in [0.15, 0.2) is 35.3 Å². The molecule has 1 aliphatic heterocycles. The minimum absolute atomic E-state index is 0.111. The van der Waals surface area contributed by atoms with Crippen LogP contribution in [0, 0.1) is 17.6 Å². The molecule has 1 aromatic carbocycles. The van der Waals surface area contributed by atoms with Crippen molar-refractivity contribution < 1.29 is 18.6 Å². The number of aromatic nitrogens is 3. The fourth-order valence-electron chi connectivity index (χ4n) is 3.51. The molecule has 0 aliphatic carbocycles. The lowest BCUT2D eigenvalue weighted by molar-refractivity contribution is 0.208. The number of hydrogen-bond acceptors (Lipinski definition) is 6. The minimum atomic E-state index is -0.901. The number of ether oxygens (including phenoxy) is 1. The fourth-order valence-corrected chi connectivity index (χ4v) is 3.51. The fraction of sp³-hybridized carbons (Fsp3) is 0.350. The summed E-state index contributed by atoms with van der Waals surface area (Å²) < 4.78 is 33.7. The number of pyridine rings is 1. The van der Waals surface area contributed by atoms with Crippen LogP contribution in [-0.4, -0.2) is 39.3 Å². The van der Waals surface area contributed by atoms with E-state index in [0.717, 1.165) is 31.5 Å². The monoisotopic (exact) mass is 402 g/mol. The van der Waals surface area contributed by atoms with E-state index in [0.29, 0.717) is 29.6 Å². The van der Waals surface area contributed by atoms with Crippen LogP contribution in [0.4, 0.5) is 14.7 Å². The van der Waals surface area contributed by atoms with Gasteiger partial charge in [-0.2, -0.15) is 4.98 Å². The third-order valence-electron chi connectivity index (χ3n) is 5.08. The summed E-state index contributed by atoms with van der Waals surface area (Å²) >= 11 is 0. The lowest BCUT2D eigenvalue weighted by Crippen LogP contribution is -2.38. The maximum Gasteiger partial charge on any atom is 0.294 e. The molecule has 29 heavy (non-hydrogen) atoms. The van der Waals surface area contributed by atoms with Crippen molar-refractivity contribution in [3.63, 3.8) is 0 Å². The predicted molar refractivity (Wildman–Crippen MR) is 103 cm³/mol. The van der Waals surface area contributed by atoms with Crippen LogP contribution in [0.25, 0.3) is 11.0 Å². The molecule has 1 aliphatic rings. The standard InChI is InChI=1S/C20H20F2N4O3/c1-25-18-13(9-23-20(24-18)26-6-2-3-12(10-26)11-27)7-17(19(25)28)29-16-5-4-14(21)8-15(16)22/h4-5,7-9,12,27H,2-3,6,10-11H2,1H3. The number of anilines is 1. The SMILES string of the molecule is Cn1c(=O)c(Oc2ccc(F)cc2F)cc2cnc(N3CCCC(CO)C3)nc21. The van der Waals surface area contributed by atoms with E-state index >= 15 is 0 Å². The number of nitrogens with zero attached hydrogens (tertiary/aromatic N) is 4. The van der Waals surface area contributed by atoms with Crippen LogP contribution in [0.1, 0.15) is 12.8 Å². The molecular weight excluding hydrogens is 382 g/mol. The number of piperidine rings is 1. The summed E-state index contributed by atoms with van der Waals surface area (Å²) in [6.45, 7) is 1.55. The Kier molecular flexibility index (Phi) is 5.14. The van der Waals surface area contributed by atoms with Gasteiger partial charge in [0.15, 0.2) is 17.3 Å². The Morgan fingerprint density at radius 1 is 1.28 bits per heavy atom. The average Bonchev–Trinajstić information content (AvgIpc) is 2.73. The highest BCUT2D eigenvalue weighted by atomic mass is 19.1. The Hall–Kier alpha value is -3.07. The van der Waals surface area contributed by atoms with Crippen LogP contribution >= 0.6 is 0 Å². The van der Waals surface area contributed by atoms with Gasteiger partial charge >= 0.3 is 0 Å². The Balaban J connectivity index is 1.69. The van der Waals surface area contributed by atoms with Crippen molar-refractivity contribution in [2.75, 3.05) is 24.6 Å². The van der Waals surface area contributed by atoms with E-state index in [2.05, 4.69) is 9.97 Å². The number of aryl methyl sites for hydroxylation is 1. The number of hydrogen-bond donors (Lipinski definition) is 1. The zero-order valence-corrected chi connectivity index (χ0v) is 15.8. The van der Waals surface area contributed by atoms with E-state index in [1.165, 1.54) is 10.6 Å². The quantitative estimate of drug-likeness (QED) is 0.723. The Labute approximate surface area is 165 Å². The molecule has 1 unspecified atom stereocenters. The van der Waals surface area contributed by atoms with Gasteiger partial charge in [-0.1, -0.05) is 0 Å². The number of fused-ring (bicyclic) bond motifs is 1. The molecule has 0 saturated carbocycles. The highest BCUT2D eigenvalue weighted by Gasteiger charge is 2.22. The molecule has 3 heterocycles. The van der Waals surface area contributed by atoms with Crippen molar-refractivity contribution in [2.24, 2.45) is 13.0 Å². The van der Waals surface area contributed by atoms with Gasteiger partial charge in [-0.15, -0.1) is 0 Å². The van der Waals surface area contributed by atoms with Gasteiger partial charge in [0, 0.05) is 44.4 Å². The van der Waals surface area contributed by atoms with Crippen molar-refractivity contribution in [1.82, 2.24) is 14.5 Å². The van der Waals surface area contributed by atoms with Gasteiger partial charge in [0.05, 0.1) is 0 Å². The second-order valence-electron chi connectivity index (χ2n) is 7.14. The average molecular weight is 402 g/mol. The molecule has 152 valence electrons. The molecule has 9 heteroatoms. The molecule has 1 fully saturated rings. The third kappa shape index (κ3) is 3.77. The lowest BCUT2D eigenvalue weighted by Gasteiger charge is -2.31. The summed E-state index contributed by atoms with van der Waals surface area (Å²) in [5.74, 6) is -1.33. The molecule has 0 bridgehead atoms. The van der Waals surface area contributed by atoms with E-state index in [1.807, 2.05) is 4.90 Å². The maximum absolute atomic E-state index is 13.9. The Morgan fingerprint density at radius 3 is 2.86 bits per heavy atom. The second kappa shape index (κ2) is 7.75. The summed E-state index contributed by atoms with van der Waals surface area (Å²) in [6.07, 6.45) is 3.47. The van der Waals surface area contributed by atoms with E-state index in [1.54, 1.807) is 13.2 Å². The molecule has 1 saturated heterocycles. The lowest BCUT2D eigenvalue weighted by atomic mass is 9.99. The van der Waals surface area contributed by atoms with E-state index in [9.17, 15) is 18.7 Å². The number of halogens is 2. The van der Waals surface area contributed by atoms with Gasteiger partial charge < -0.3 is 14.7 Å². The first-order valence-electron chi connectivity index (χ1n) is 9.31. The molecule has 7 nitrogen and oxygen atoms in total. The molecule has 3 aromatic rings. The molecule has 0 amide bonds. The first-order valence-corrected chi connectivity index (χ1v) is 9.31. The van der Waals surface area contributed by atoms with Gasteiger partial charge in [-0.25, -0.2) is 13.8 Å². The van der Waals surface area contributed by atoms with Crippen LogP contribution in [0.3, 0.4) is 0 Å². The van der Waals surface area contributed by atoms with Gasteiger partial charge in [0.25, 0.3) is 5.56 Å². The number of aliphatic hydroxyl groups is 1. The van der Waals surface area contributed by atoms with E-state index < -0.39 is 17.2 Å². The van der Waals surface area contributed by atoms with Crippen molar-refractivity contribution in [3.05, 3.63) is 52.5 Å². The third-order valence-corrected chi connectivity index (χ3v) is 5.08. The minimum Gasteiger partial charge on any atom is -0.448 e. The summed E-state index contributed by atoms with van der Waals surface area (Å²) in [4.78, 5) is 23.6. The topological polar surface area (TPSA) is 80.5 Å². The zero-order chi connectivity index (χ0) is 20.5. The summed E-state index contributed by atoms with van der Waals surface area (Å²) in [5, 5.41) is 9.97. The van der Waals surface area contributed by atoms with Gasteiger partial charge in [0.1, 0.15) is 11.5 Å². The van der Waals surface area contributed by atoms with Crippen molar-refractivity contribution >= 4 is 17.0 Å². The van der Waals surface area contributed by atoms with Gasteiger partial charge in [-0.3, -0.25) is 9.36 Å². The molecule has 0 radical (unpaired) electrons. The molecule has 1 atom stereocenters. The van der Waals surface area contributed by atoms with Crippen LogP contribution in [-0.2, 0) is 7.05 Å². The number of benzene rings is 1. The predicted octanol–water partition coefficient (Wildman–Crippen LogP) is 2.61. The van der Waals surface area contributed by atoms with Crippen LogP contribution < -0.4 is 15.2 Å². The summed E-state index contributed by atoms with van der Waals surface area (Å²) in [6, 6.07) is 4.31. The van der Waals surface area contributed by atoms with E-state index in [4.69, 9.17) is 4.74 Å². The smallest absolute Gasteiger partial charge is 0.294 e. The highest BCUT2D eigenvalue weighted by molar-refractivity contribution is 5.77. The maximum atomic E-state index is 13.9.